The van der Waals surface area contributed by atoms with Crippen molar-refractivity contribution in [2.75, 3.05) is 25.6 Å². The molecule has 0 atom stereocenters. The van der Waals surface area contributed by atoms with E-state index in [0.29, 0.717) is 0 Å². The number of rotatable bonds is 6. The summed E-state index contributed by atoms with van der Waals surface area (Å²) in [7, 11) is 1.79. The Bertz CT molecular complexity index is 374. The van der Waals surface area contributed by atoms with Crippen molar-refractivity contribution in [2.45, 2.75) is 26.8 Å². The highest BCUT2D eigenvalue weighted by molar-refractivity contribution is 14.0. The highest BCUT2D eigenvalue weighted by Gasteiger charge is 2.04. The van der Waals surface area contributed by atoms with Crippen molar-refractivity contribution in [2.24, 2.45) is 4.99 Å². The number of aryl methyl sites for hydroxylation is 2. The van der Waals surface area contributed by atoms with Crippen LogP contribution in [0.1, 0.15) is 22.0 Å². The predicted octanol–water partition coefficient (Wildman–Crippen LogP) is 2.80. The zero-order valence-corrected chi connectivity index (χ0v) is 15.9. The van der Waals surface area contributed by atoms with Gasteiger partial charge in [-0.05, 0) is 32.3 Å². The van der Waals surface area contributed by atoms with E-state index >= 15 is 0 Å². The maximum Gasteiger partial charge on any atom is 0.191 e. The van der Waals surface area contributed by atoms with Gasteiger partial charge in [-0.3, -0.25) is 4.99 Å². The summed E-state index contributed by atoms with van der Waals surface area (Å²) in [6.07, 6.45) is 3.28. The van der Waals surface area contributed by atoms with Crippen LogP contribution in [0.15, 0.2) is 4.99 Å². The molecule has 0 unspecified atom stereocenters. The summed E-state index contributed by atoms with van der Waals surface area (Å²) in [5.74, 6) is 2.02. The Morgan fingerprint density at radius 2 is 2.11 bits per heavy atom. The number of aromatic nitrogens is 1. The minimum absolute atomic E-state index is 0. The molecule has 0 spiro atoms. The maximum atomic E-state index is 4.50. The molecular formula is C12H23IN4S2. The van der Waals surface area contributed by atoms with Crippen LogP contribution in [0.5, 0.6) is 0 Å². The maximum absolute atomic E-state index is 4.50. The average molecular weight is 414 g/mol. The summed E-state index contributed by atoms with van der Waals surface area (Å²) < 4.78 is 0. The molecule has 1 heterocycles. The van der Waals surface area contributed by atoms with Crippen LogP contribution in [-0.2, 0) is 6.54 Å². The third-order valence-corrected chi connectivity index (χ3v) is 4.29. The molecule has 1 aromatic heterocycles. The van der Waals surface area contributed by atoms with E-state index < -0.39 is 0 Å². The van der Waals surface area contributed by atoms with Gasteiger partial charge < -0.3 is 10.6 Å². The Morgan fingerprint density at radius 3 is 2.63 bits per heavy atom. The second kappa shape index (κ2) is 10.7. The molecule has 0 aromatic carbocycles. The van der Waals surface area contributed by atoms with E-state index in [-0.39, 0.29) is 24.0 Å². The largest absolute Gasteiger partial charge is 0.356 e. The Kier molecular flexibility index (Phi) is 10.7. The van der Waals surface area contributed by atoms with E-state index in [1.165, 1.54) is 10.6 Å². The van der Waals surface area contributed by atoms with Crippen LogP contribution in [0, 0.1) is 13.8 Å². The average Bonchev–Trinajstić information content (AvgIpc) is 2.68. The fraction of sp³-hybridized carbons (Fsp3) is 0.667. The first-order chi connectivity index (χ1) is 8.67. The summed E-state index contributed by atoms with van der Waals surface area (Å²) in [6, 6.07) is 0. The van der Waals surface area contributed by atoms with E-state index in [4.69, 9.17) is 0 Å². The lowest BCUT2D eigenvalue weighted by atomic mass is 10.4. The molecule has 4 nitrogen and oxygen atoms in total. The summed E-state index contributed by atoms with van der Waals surface area (Å²) in [6.45, 7) is 5.84. The number of halogens is 1. The number of nitrogens with zero attached hydrogens (tertiary/aromatic N) is 2. The van der Waals surface area contributed by atoms with Crippen LogP contribution in [-0.4, -0.2) is 36.5 Å². The molecule has 1 rings (SSSR count). The number of nitrogens with one attached hydrogen (secondary N) is 2. The fourth-order valence-electron chi connectivity index (χ4n) is 1.42. The van der Waals surface area contributed by atoms with Gasteiger partial charge in [0.05, 0.1) is 12.2 Å². The quantitative estimate of drug-likeness (QED) is 0.325. The van der Waals surface area contributed by atoms with Crippen molar-refractivity contribution in [3.05, 3.63) is 15.6 Å². The molecule has 7 heteroatoms. The molecule has 0 aliphatic heterocycles. The van der Waals surface area contributed by atoms with Crippen LogP contribution in [0.2, 0.25) is 0 Å². The van der Waals surface area contributed by atoms with E-state index in [2.05, 4.69) is 33.8 Å². The van der Waals surface area contributed by atoms with Gasteiger partial charge in [-0.2, -0.15) is 11.8 Å². The number of hydrogen-bond donors (Lipinski definition) is 2. The molecule has 0 fully saturated rings. The van der Waals surface area contributed by atoms with Crippen LogP contribution in [0.3, 0.4) is 0 Å². The predicted molar refractivity (Wildman–Crippen MR) is 98.2 cm³/mol. The molecular weight excluding hydrogens is 391 g/mol. The minimum atomic E-state index is 0. The van der Waals surface area contributed by atoms with E-state index in [0.717, 1.165) is 36.2 Å². The lowest BCUT2D eigenvalue weighted by molar-refractivity contribution is 0.782. The Morgan fingerprint density at radius 1 is 1.37 bits per heavy atom. The fourth-order valence-corrected chi connectivity index (χ4v) is 2.72. The summed E-state index contributed by atoms with van der Waals surface area (Å²) >= 11 is 3.61. The number of guanidine groups is 1. The van der Waals surface area contributed by atoms with Gasteiger partial charge in [-0.1, -0.05) is 0 Å². The molecule has 19 heavy (non-hydrogen) atoms. The van der Waals surface area contributed by atoms with Crippen molar-refractivity contribution < 1.29 is 0 Å². The molecule has 2 N–H and O–H groups in total. The van der Waals surface area contributed by atoms with Crippen molar-refractivity contribution in [1.82, 2.24) is 15.6 Å². The third kappa shape index (κ3) is 7.36. The number of hydrogen-bond acceptors (Lipinski definition) is 4. The molecule has 0 aliphatic carbocycles. The van der Waals surface area contributed by atoms with Gasteiger partial charge >= 0.3 is 0 Å². The first-order valence-electron chi connectivity index (χ1n) is 6.03. The molecule has 1 aromatic rings. The lowest BCUT2D eigenvalue weighted by Crippen LogP contribution is -2.37. The highest BCUT2D eigenvalue weighted by atomic mass is 127. The van der Waals surface area contributed by atoms with Crippen LogP contribution in [0.25, 0.3) is 0 Å². The molecule has 110 valence electrons. The third-order valence-electron chi connectivity index (χ3n) is 2.52. The van der Waals surface area contributed by atoms with Crippen LogP contribution >= 0.6 is 47.1 Å². The summed E-state index contributed by atoms with van der Waals surface area (Å²) in [5.41, 5.74) is 1.12. The van der Waals surface area contributed by atoms with Crippen molar-refractivity contribution >= 4 is 53.0 Å². The van der Waals surface area contributed by atoms with E-state index in [1.807, 2.05) is 18.7 Å². The van der Waals surface area contributed by atoms with E-state index in [9.17, 15) is 0 Å². The van der Waals surface area contributed by atoms with Gasteiger partial charge in [0.1, 0.15) is 5.01 Å². The molecule has 0 saturated carbocycles. The molecule has 0 radical (unpaired) electrons. The molecule has 0 aliphatic rings. The van der Waals surface area contributed by atoms with Crippen LogP contribution in [0.4, 0.5) is 0 Å². The smallest absolute Gasteiger partial charge is 0.191 e. The molecule has 0 saturated heterocycles. The number of thiazole rings is 1. The normalized spacial score (nSPS) is 11.1. The number of thioether (sulfide) groups is 1. The Labute approximate surface area is 141 Å². The summed E-state index contributed by atoms with van der Waals surface area (Å²) in [5, 5.41) is 7.69. The van der Waals surface area contributed by atoms with Crippen molar-refractivity contribution in [3.8, 4) is 0 Å². The van der Waals surface area contributed by atoms with Crippen molar-refractivity contribution in [1.29, 1.82) is 0 Å². The molecule has 0 amide bonds. The lowest BCUT2D eigenvalue weighted by Gasteiger charge is -2.10. The van der Waals surface area contributed by atoms with Gasteiger partial charge in [-0.25, -0.2) is 4.98 Å². The van der Waals surface area contributed by atoms with Gasteiger partial charge in [-0.15, -0.1) is 35.3 Å². The Balaban J connectivity index is 0.00000324. The van der Waals surface area contributed by atoms with Gasteiger partial charge in [0, 0.05) is 18.5 Å². The van der Waals surface area contributed by atoms with Gasteiger partial charge in [0.15, 0.2) is 5.96 Å². The van der Waals surface area contributed by atoms with Gasteiger partial charge in [0.25, 0.3) is 0 Å². The first-order valence-corrected chi connectivity index (χ1v) is 8.24. The topological polar surface area (TPSA) is 49.3 Å². The first kappa shape index (κ1) is 19.0. The summed E-state index contributed by atoms with van der Waals surface area (Å²) in [4.78, 5) is 9.98. The highest BCUT2D eigenvalue weighted by Crippen LogP contribution is 2.15. The number of aliphatic imine (C=N–C) groups is 1. The zero-order chi connectivity index (χ0) is 13.4. The van der Waals surface area contributed by atoms with Gasteiger partial charge in [0.2, 0.25) is 0 Å². The molecule has 0 bridgehead atoms. The second-order valence-electron chi connectivity index (χ2n) is 3.95. The monoisotopic (exact) mass is 414 g/mol. The minimum Gasteiger partial charge on any atom is -0.356 e. The zero-order valence-electron chi connectivity index (χ0n) is 11.9. The van der Waals surface area contributed by atoms with Crippen molar-refractivity contribution in [3.63, 3.8) is 0 Å². The van der Waals surface area contributed by atoms with Crippen LogP contribution < -0.4 is 10.6 Å². The van der Waals surface area contributed by atoms with E-state index in [1.54, 1.807) is 18.4 Å². The standard InChI is InChI=1S/C12H22N4S2.HI/c1-9-10(2)18-11(16-9)8-15-12(13-3)14-6-5-7-17-4;/h5-8H2,1-4H3,(H2,13,14,15);1H. The Hall–Kier alpha value is -0.0200. The SMILES string of the molecule is CN=C(NCCCSC)NCc1nc(C)c(C)s1.I. The second-order valence-corrected chi connectivity index (χ2v) is 6.22.